The van der Waals surface area contributed by atoms with Crippen molar-refractivity contribution in [1.82, 2.24) is 4.90 Å². The number of hydrogen-bond donors (Lipinski definition) is 1. The second kappa shape index (κ2) is 6.15. The number of benzene rings is 1. The summed E-state index contributed by atoms with van der Waals surface area (Å²) in [5.41, 5.74) is 6.81. The molecular weight excluding hydrogens is 243 g/mol. The van der Waals surface area contributed by atoms with E-state index in [4.69, 9.17) is 5.73 Å². The average Bonchev–Trinajstić information content (AvgIpc) is 2.70. The van der Waals surface area contributed by atoms with E-state index >= 15 is 0 Å². The van der Waals surface area contributed by atoms with Gasteiger partial charge in [0.05, 0.1) is 0 Å². The zero-order chi connectivity index (χ0) is 13.8. The van der Waals surface area contributed by atoms with E-state index in [1.165, 1.54) is 12.1 Å². The number of carbonyl (C=O) groups excluding carboxylic acids is 1. The lowest BCUT2D eigenvalue weighted by Gasteiger charge is -2.21. The van der Waals surface area contributed by atoms with Gasteiger partial charge in [-0.05, 0) is 30.0 Å². The summed E-state index contributed by atoms with van der Waals surface area (Å²) in [6.45, 7) is 3.39. The van der Waals surface area contributed by atoms with Crippen molar-refractivity contribution in [3.8, 4) is 0 Å². The van der Waals surface area contributed by atoms with Crippen molar-refractivity contribution in [2.45, 2.75) is 32.2 Å². The van der Waals surface area contributed by atoms with Crippen LogP contribution in [0.4, 0.5) is 4.39 Å². The Labute approximate surface area is 113 Å². The van der Waals surface area contributed by atoms with E-state index in [1.54, 1.807) is 12.1 Å². The van der Waals surface area contributed by atoms with Gasteiger partial charge in [-0.2, -0.15) is 0 Å². The van der Waals surface area contributed by atoms with Gasteiger partial charge in [-0.1, -0.05) is 25.5 Å². The van der Waals surface area contributed by atoms with Gasteiger partial charge < -0.3 is 10.6 Å². The lowest BCUT2D eigenvalue weighted by molar-refractivity contribution is -0.127. The van der Waals surface area contributed by atoms with E-state index in [9.17, 15) is 9.18 Å². The minimum absolute atomic E-state index is 0.172. The molecule has 0 bridgehead atoms. The number of amides is 1. The first-order valence-electron chi connectivity index (χ1n) is 6.89. The average molecular weight is 264 g/mol. The number of likely N-dealkylation sites (tertiary alicyclic amines) is 1. The molecule has 0 aromatic heterocycles. The molecule has 3 nitrogen and oxygen atoms in total. The predicted molar refractivity (Wildman–Crippen MR) is 72.9 cm³/mol. The summed E-state index contributed by atoms with van der Waals surface area (Å²) in [5, 5.41) is 0. The Bertz CT molecular complexity index is 450. The van der Waals surface area contributed by atoms with Gasteiger partial charge in [-0.15, -0.1) is 0 Å². The van der Waals surface area contributed by atoms with Crippen LogP contribution >= 0.6 is 0 Å². The van der Waals surface area contributed by atoms with Crippen LogP contribution in [0.1, 0.15) is 37.8 Å². The van der Waals surface area contributed by atoms with Crippen molar-refractivity contribution in [1.29, 1.82) is 0 Å². The van der Waals surface area contributed by atoms with Crippen molar-refractivity contribution in [3.05, 3.63) is 35.6 Å². The Kier molecular flexibility index (Phi) is 4.53. The molecule has 1 fully saturated rings. The summed E-state index contributed by atoms with van der Waals surface area (Å²) < 4.78 is 13.1. The fourth-order valence-corrected chi connectivity index (χ4v) is 2.71. The molecule has 0 radical (unpaired) electrons. The van der Waals surface area contributed by atoms with Crippen molar-refractivity contribution < 1.29 is 9.18 Å². The van der Waals surface area contributed by atoms with E-state index in [0.29, 0.717) is 18.9 Å². The first-order chi connectivity index (χ1) is 9.10. The Balaban J connectivity index is 1.96. The first kappa shape index (κ1) is 14.0. The summed E-state index contributed by atoms with van der Waals surface area (Å²) in [6, 6.07) is 5.97. The quantitative estimate of drug-likeness (QED) is 0.888. The van der Waals surface area contributed by atoms with Crippen molar-refractivity contribution in [2.75, 3.05) is 13.1 Å². The molecule has 1 aromatic rings. The van der Waals surface area contributed by atoms with E-state index in [-0.39, 0.29) is 17.8 Å². The minimum Gasteiger partial charge on any atom is -0.340 e. The largest absolute Gasteiger partial charge is 0.340 e. The van der Waals surface area contributed by atoms with Crippen molar-refractivity contribution >= 4 is 5.91 Å². The summed E-state index contributed by atoms with van der Waals surface area (Å²) in [5.74, 6) is 0.340. The molecule has 2 N–H and O–H groups in total. The van der Waals surface area contributed by atoms with Gasteiger partial charge in [0, 0.05) is 25.6 Å². The normalized spacial score (nSPS) is 20.9. The maximum absolute atomic E-state index is 13.1. The molecule has 4 heteroatoms. The second-order valence-electron chi connectivity index (χ2n) is 5.32. The molecule has 2 rings (SSSR count). The number of nitrogens with two attached hydrogens (primary N) is 1. The molecule has 0 aliphatic carbocycles. The number of hydrogen-bond acceptors (Lipinski definition) is 2. The summed E-state index contributed by atoms with van der Waals surface area (Å²) >= 11 is 0. The van der Waals surface area contributed by atoms with Gasteiger partial charge in [0.1, 0.15) is 5.82 Å². The van der Waals surface area contributed by atoms with Gasteiger partial charge in [-0.25, -0.2) is 4.39 Å². The van der Waals surface area contributed by atoms with Crippen LogP contribution in [-0.2, 0) is 4.79 Å². The maximum Gasteiger partial charge on any atom is 0.222 e. The van der Waals surface area contributed by atoms with Crippen LogP contribution in [-0.4, -0.2) is 23.9 Å². The highest BCUT2D eigenvalue weighted by molar-refractivity contribution is 5.78. The van der Waals surface area contributed by atoms with Gasteiger partial charge >= 0.3 is 0 Å². The molecule has 1 aliphatic rings. The lowest BCUT2D eigenvalue weighted by Crippen LogP contribution is -2.33. The Morgan fingerprint density at radius 3 is 3.00 bits per heavy atom. The Morgan fingerprint density at radius 1 is 1.53 bits per heavy atom. The van der Waals surface area contributed by atoms with Crippen molar-refractivity contribution in [3.63, 3.8) is 0 Å². The first-order valence-corrected chi connectivity index (χ1v) is 6.89. The van der Waals surface area contributed by atoms with Crippen LogP contribution in [0, 0.1) is 11.7 Å². The molecule has 2 unspecified atom stereocenters. The molecule has 1 aliphatic heterocycles. The maximum atomic E-state index is 13.1. The third kappa shape index (κ3) is 3.53. The van der Waals surface area contributed by atoms with Crippen LogP contribution in [0.2, 0.25) is 0 Å². The molecule has 1 amide bonds. The van der Waals surface area contributed by atoms with E-state index in [2.05, 4.69) is 6.92 Å². The molecule has 104 valence electrons. The van der Waals surface area contributed by atoms with Crippen LogP contribution in [0.5, 0.6) is 0 Å². The monoisotopic (exact) mass is 264 g/mol. The van der Waals surface area contributed by atoms with Crippen LogP contribution in [0.15, 0.2) is 24.3 Å². The summed E-state index contributed by atoms with van der Waals surface area (Å²) in [4.78, 5) is 13.7. The number of nitrogens with zero attached hydrogens (tertiary/aromatic N) is 1. The third-order valence-electron chi connectivity index (χ3n) is 3.69. The molecule has 1 aromatic carbocycles. The lowest BCUT2D eigenvalue weighted by atomic mass is 10.0. The Hall–Kier alpha value is -1.42. The van der Waals surface area contributed by atoms with E-state index in [1.807, 2.05) is 4.90 Å². The SMILES string of the molecule is CCCC1CC(=O)N(CC(N)c2cccc(F)c2)C1. The standard InChI is InChI=1S/C15H21FN2O/c1-2-4-11-7-15(19)18(9-11)10-14(17)12-5-3-6-13(16)8-12/h3,5-6,8,11,14H,2,4,7,9-10,17H2,1H3. The van der Waals surface area contributed by atoms with Crippen LogP contribution in [0.25, 0.3) is 0 Å². The topological polar surface area (TPSA) is 46.3 Å². The number of rotatable bonds is 5. The molecule has 2 atom stereocenters. The smallest absolute Gasteiger partial charge is 0.222 e. The fourth-order valence-electron chi connectivity index (χ4n) is 2.71. The van der Waals surface area contributed by atoms with E-state index < -0.39 is 0 Å². The highest BCUT2D eigenvalue weighted by Crippen LogP contribution is 2.24. The second-order valence-corrected chi connectivity index (χ2v) is 5.32. The van der Waals surface area contributed by atoms with Crippen LogP contribution < -0.4 is 5.73 Å². The zero-order valence-corrected chi connectivity index (χ0v) is 11.3. The zero-order valence-electron chi connectivity index (χ0n) is 11.3. The fraction of sp³-hybridized carbons (Fsp3) is 0.533. The summed E-state index contributed by atoms with van der Waals surface area (Å²) in [7, 11) is 0. The molecule has 19 heavy (non-hydrogen) atoms. The Morgan fingerprint density at radius 2 is 2.32 bits per heavy atom. The highest BCUT2D eigenvalue weighted by atomic mass is 19.1. The van der Waals surface area contributed by atoms with Crippen molar-refractivity contribution in [2.24, 2.45) is 11.7 Å². The van der Waals surface area contributed by atoms with E-state index in [0.717, 1.165) is 24.9 Å². The summed E-state index contributed by atoms with van der Waals surface area (Å²) in [6.07, 6.45) is 2.81. The highest BCUT2D eigenvalue weighted by Gasteiger charge is 2.29. The van der Waals surface area contributed by atoms with Gasteiger partial charge in [-0.3, -0.25) is 4.79 Å². The third-order valence-corrected chi connectivity index (χ3v) is 3.69. The molecule has 0 saturated carbocycles. The van der Waals surface area contributed by atoms with Gasteiger partial charge in [0.2, 0.25) is 5.91 Å². The van der Waals surface area contributed by atoms with Gasteiger partial charge in [0.15, 0.2) is 0 Å². The number of halogens is 1. The van der Waals surface area contributed by atoms with Gasteiger partial charge in [0.25, 0.3) is 0 Å². The van der Waals surface area contributed by atoms with Crippen LogP contribution in [0.3, 0.4) is 0 Å². The molecular formula is C15H21FN2O. The predicted octanol–water partition coefficient (Wildman–Crippen LogP) is 2.47. The minimum atomic E-state index is -0.319. The molecule has 0 spiro atoms. The number of carbonyl (C=O) groups is 1. The molecule has 1 heterocycles. The molecule has 1 saturated heterocycles.